The van der Waals surface area contributed by atoms with Crippen LogP contribution in [0.5, 0.6) is 5.75 Å². The van der Waals surface area contributed by atoms with Crippen molar-refractivity contribution >= 4 is 55.9 Å². The Hall–Kier alpha value is -3.54. The lowest BCUT2D eigenvalue weighted by Crippen LogP contribution is -2.52. The molecule has 10 nitrogen and oxygen atoms in total. The number of aromatic nitrogens is 2. The number of carbonyl (C=O) groups is 2. The standard InChI is InChI=1S/C26H29BrN6O4/c1-3-23(34)31-21-13-19-20(28-16-29-26(19)30-18-7-5-6-17(27)12-18)14-22(21)37-24(4-2)33-10-8-32(9-11-33)15-25(35)36/h3,5-7,12-14,16,24H,1,4,8-11,15H2,2H3,(H,31,34)(H,35,36)(H,28,29,30). The van der Waals surface area contributed by atoms with Gasteiger partial charge in [-0.3, -0.25) is 19.4 Å². The van der Waals surface area contributed by atoms with Crippen molar-refractivity contribution < 1.29 is 19.4 Å². The van der Waals surface area contributed by atoms with Gasteiger partial charge in [0.15, 0.2) is 6.23 Å². The number of rotatable bonds is 10. The van der Waals surface area contributed by atoms with Gasteiger partial charge in [0.05, 0.1) is 17.7 Å². The molecule has 1 atom stereocenters. The van der Waals surface area contributed by atoms with Gasteiger partial charge in [-0.05, 0) is 36.8 Å². The van der Waals surface area contributed by atoms with E-state index >= 15 is 0 Å². The maximum absolute atomic E-state index is 12.3. The summed E-state index contributed by atoms with van der Waals surface area (Å²) in [6.45, 7) is 8.25. The molecule has 3 aromatic rings. The van der Waals surface area contributed by atoms with Crippen LogP contribution in [-0.2, 0) is 9.59 Å². The number of hydrogen-bond donors (Lipinski definition) is 3. The van der Waals surface area contributed by atoms with Gasteiger partial charge < -0.3 is 20.5 Å². The van der Waals surface area contributed by atoms with Crippen molar-refractivity contribution in [2.75, 3.05) is 43.4 Å². The number of piperazine rings is 1. The van der Waals surface area contributed by atoms with E-state index in [1.807, 2.05) is 36.1 Å². The molecular weight excluding hydrogens is 540 g/mol. The number of amides is 1. The van der Waals surface area contributed by atoms with Gasteiger partial charge in [0.1, 0.15) is 17.9 Å². The molecule has 4 rings (SSSR count). The van der Waals surface area contributed by atoms with E-state index in [0.717, 1.165) is 10.2 Å². The van der Waals surface area contributed by atoms with Crippen molar-refractivity contribution in [3.05, 3.63) is 59.9 Å². The van der Waals surface area contributed by atoms with Crippen LogP contribution in [0.1, 0.15) is 13.3 Å². The zero-order valence-electron chi connectivity index (χ0n) is 20.5. The van der Waals surface area contributed by atoms with Crippen LogP contribution in [0.25, 0.3) is 10.9 Å². The van der Waals surface area contributed by atoms with E-state index in [1.54, 1.807) is 12.1 Å². The molecule has 3 N–H and O–H groups in total. The molecule has 1 aliphatic rings. The number of nitrogens with one attached hydrogen (secondary N) is 2. The van der Waals surface area contributed by atoms with E-state index in [0.29, 0.717) is 60.8 Å². The quantitative estimate of drug-likeness (QED) is 0.311. The highest BCUT2D eigenvalue weighted by atomic mass is 79.9. The number of fused-ring (bicyclic) bond motifs is 1. The second-order valence-electron chi connectivity index (χ2n) is 8.60. The Morgan fingerprint density at radius 3 is 2.68 bits per heavy atom. The fourth-order valence-electron chi connectivity index (χ4n) is 4.23. The minimum Gasteiger partial charge on any atom is -0.480 e. The molecule has 11 heteroatoms. The van der Waals surface area contributed by atoms with Crippen LogP contribution in [0.15, 0.2) is 59.9 Å². The zero-order valence-corrected chi connectivity index (χ0v) is 22.1. The molecule has 1 aromatic heterocycles. The Balaban J connectivity index is 1.62. The smallest absolute Gasteiger partial charge is 0.317 e. The number of anilines is 3. The molecule has 1 amide bonds. The minimum absolute atomic E-state index is 0.0317. The van der Waals surface area contributed by atoms with E-state index in [4.69, 9.17) is 9.84 Å². The molecule has 0 saturated carbocycles. The molecule has 0 spiro atoms. The highest BCUT2D eigenvalue weighted by molar-refractivity contribution is 9.10. The number of carboxylic acids is 1. The number of nitrogens with zero attached hydrogens (tertiary/aromatic N) is 4. The summed E-state index contributed by atoms with van der Waals surface area (Å²) >= 11 is 3.48. The summed E-state index contributed by atoms with van der Waals surface area (Å²) in [4.78, 5) is 36.2. The van der Waals surface area contributed by atoms with Crippen LogP contribution in [0.3, 0.4) is 0 Å². The average molecular weight is 569 g/mol. The molecule has 1 saturated heterocycles. The summed E-state index contributed by atoms with van der Waals surface area (Å²) in [6.07, 6.45) is 3.12. The maximum atomic E-state index is 12.3. The molecule has 1 unspecified atom stereocenters. The number of ether oxygens (including phenoxy) is 1. The number of benzene rings is 2. The number of hydrogen-bond acceptors (Lipinski definition) is 8. The van der Waals surface area contributed by atoms with Crippen LogP contribution in [0.2, 0.25) is 0 Å². The summed E-state index contributed by atoms with van der Waals surface area (Å²) in [5.41, 5.74) is 1.98. The molecule has 2 heterocycles. The summed E-state index contributed by atoms with van der Waals surface area (Å²) < 4.78 is 7.36. The van der Waals surface area contributed by atoms with Gasteiger partial charge in [-0.15, -0.1) is 0 Å². The first-order valence-electron chi connectivity index (χ1n) is 12.0. The Morgan fingerprint density at radius 1 is 1.22 bits per heavy atom. The highest BCUT2D eigenvalue weighted by Gasteiger charge is 2.26. The predicted octanol–water partition coefficient (Wildman–Crippen LogP) is 4.08. The largest absolute Gasteiger partial charge is 0.480 e. The fraction of sp³-hybridized carbons (Fsp3) is 0.308. The first-order chi connectivity index (χ1) is 17.9. The van der Waals surface area contributed by atoms with Crippen LogP contribution >= 0.6 is 15.9 Å². The molecule has 0 bridgehead atoms. The molecular formula is C26H29BrN6O4. The average Bonchev–Trinajstić information content (AvgIpc) is 2.88. The SMILES string of the molecule is C=CC(=O)Nc1cc2c(Nc3cccc(Br)c3)ncnc2cc1OC(CC)N1CCN(CC(=O)O)CC1. The normalized spacial score (nSPS) is 15.2. The Labute approximate surface area is 223 Å². The number of carbonyl (C=O) groups excluding carboxylic acids is 1. The molecule has 194 valence electrons. The number of aliphatic carboxylic acids is 1. The highest BCUT2D eigenvalue weighted by Crippen LogP contribution is 2.35. The second kappa shape index (κ2) is 12.1. The third-order valence-electron chi connectivity index (χ3n) is 6.05. The van der Waals surface area contributed by atoms with Crippen molar-refractivity contribution in [1.82, 2.24) is 19.8 Å². The van der Waals surface area contributed by atoms with Gasteiger partial charge in [-0.2, -0.15) is 0 Å². The summed E-state index contributed by atoms with van der Waals surface area (Å²) in [6, 6.07) is 11.3. The van der Waals surface area contributed by atoms with E-state index in [1.165, 1.54) is 12.4 Å². The predicted molar refractivity (Wildman–Crippen MR) is 146 cm³/mol. The monoisotopic (exact) mass is 568 g/mol. The van der Waals surface area contributed by atoms with E-state index < -0.39 is 5.97 Å². The first kappa shape index (κ1) is 26.5. The zero-order chi connectivity index (χ0) is 26.4. The van der Waals surface area contributed by atoms with Crippen molar-refractivity contribution in [3.8, 4) is 5.75 Å². The van der Waals surface area contributed by atoms with Crippen molar-refractivity contribution in [2.45, 2.75) is 19.6 Å². The lowest BCUT2D eigenvalue weighted by atomic mass is 10.1. The van der Waals surface area contributed by atoms with Gasteiger partial charge in [0.25, 0.3) is 0 Å². The fourth-order valence-corrected chi connectivity index (χ4v) is 4.63. The van der Waals surface area contributed by atoms with Gasteiger partial charge >= 0.3 is 5.97 Å². The van der Waals surface area contributed by atoms with Crippen molar-refractivity contribution in [3.63, 3.8) is 0 Å². The maximum Gasteiger partial charge on any atom is 0.317 e. The molecule has 0 aliphatic carbocycles. The molecule has 2 aromatic carbocycles. The van der Waals surface area contributed by atoms with Crippen LogP contribution in [0.4, 0.5) is 17.2 Å². The van der Waals surface area contributed by atoms with Gasteiger partial charge in [0, 0.05) is 47.8 Å². The minimum atomic E-state index is -0.828. The van der Waals surface area contributed by atoms with Crippen molar-refractivity contribution in [1.29, 1.82) is 0 Å². The molecule has 1 aliphatic heterocycles. The van der Waals surface area contributed by atoms with E-state index in [-0.39, 0.29) is 18.7 Å². The van der Waals surface area contributed by atoms with E-state index in [2.05, 4.69) is 48.0 Å². The lowest BCUT2D eigenvalue weighted by molar-refractivity contribution is -0.139. The third kappa shape index (κ3) is 6.82. The van der Waals surface area contributed by atoms with Crippen LogP contribution in [-0.4, -0.2) is 75.7 Å². The van der Waals surface area contributed by atoms with Crippen LogP contribution in [0, 0.1) is 0 Å². The third-order valence-corrected chi connectivity index (χ3v) is 6.55. The van der Waals surface area contributed by atoms with E-state index in [9.17, 15) is 9.59 Å². The van der Waals surface area contributed by atoms with Gasteiger partial charge in [0.2, 0.25) is 5.91 Å². The Kier molecular flexibility index (Phi) is 8.70. The Bertz CT molecular complexity index is 1300. The van der Waals surface area contributed by atoms with Gasteiger partial charge in [-0.25, -0.2) is 9.97 Å². The summed E-state index contributed by atoms with van der Waals surface area (Å²) in [5, 5.41) is 15.9. The first-order valence-corrected chi connectivity index (χ1v) is 12.7. The molecule has 0 radical (unpaired) electrons. The number of halogens is 1. The molecule has 37 heavy (non-hydrogen) atoms. The molecule has 1 fully saturated rings. The topological polar surface area (TPSA) is 120 Å². The number of carboxylic acid groups (broad SMARTS) is 1. The van der Waals surface area contributed by atoms with Crippen molar-refractivity contribution in [2.24, 2.45) is 0 Å². The second-order valence-corrected chi connectivity index (χ2v) is 9.52. The van der Waals surface area contributed by atoms with Crippen LogP contribution < -0.4 is 15.4 Å². The summed E-state index contributed by atoms with van der Waals surface area (Å²) in [7, 11) is 0. The summed E-state index contributed by atoms with van der Waals surface area (Å²) in [5.74, 6) is -0.121. The Morgan fingerprint density at radius 2 is 2.00 bits per heavy atom. The van der Waals surface area contributed by atoms with Gasteiger partial charge in [-0.1, -0.05) is 35.5 Å². The lowest BCUT2D eigenvalue weighted by Gasteiger charge is -2.38.